The van der Waals surface area contributed by atoms with Crippen molar-refractivity contribution in [3.05, 3.63) is 108 Å². The van der Waals surface area contributed by atoms with Gasteiger partial charge in [-0.2, -0.15) is 5.10 Å². The van der Waals surface area contributed by atoms with Gasteiger partial charge in [-0.15, -0.1) is 35.4 Å². The number of nitrogens with zero attached hydrogens (tertiary/aromatic N) is 3. The molecule has 3 nitrogen and oxygen atoms in total. The standard InChI is InChI=1S/C38H42N3.C2H6.Ir/c1-9-11-35-39-36(41(8)40-35)29-13-10-12-28(22-29)32-24-30(26-14-18-33(19-15-26)37(2,3)4)23-31(25-32)27-16-20-34(21-17-27)38(5,6)7;1-2;/h10,12,14-25H,9,11H2,1-8H3;1-2H3;/q-1;;. The van der Waals surface area contributed by atoms with Crippen LogP contribution in [0.3, 0.4) is 0 Å². The van der Waals surface area contributed by atoms with Crippen LogP contribution < -0.4 is 0 Å². The van der Waals surface area contributed by atoms with E-state index in [1.165, 1.54) is 38.9 Å². The average molecular weight is 763 g/mol. The first-order valence-corrected chi connectivity index (χ1v) is 15.7. The molecular formula is C40H48IrN3-. The summed E-state index contributed by atoms with van der Waals surface area (Å²) in [6.45, 7) is 19.7. The molecule has 0 bridgehead atoms. The molecule has 0 fully saturated rings. The number of rotatable bonds is 6. The van der Waals surface area contributed by atoms with Gasteiger partial charge in [0.15, 0.2) is 0 Å². The zero-order valence-corrected chi connectivity index (χ0v) is 30.6. The van der Waals surface area contributed by atoms with Gasteiger partial charge < -0.3 is 0 Å². The molecule has 0 saturated heterocycles. The summed E-state index contributed by atoms with van der Waals surface area (Å²) in [5.41, 5.74) is 11.0. The van der Waals surface area contributed by atoms with E-state index in [1.54, 1.807) is 0 Å². The fourth-order valence-electron chi connectivity index (χ4n) is 5.23. The van der Waals surface area contributed by atoms with E-state index in [9.17, 15) is 0 Å². The van der Waals surface area contributed by atoms with E-state index < -0.39 is 0 Å². The second-order valence-corrected chi connectivity index (χ2v) is 13.2. The minimum absolute atomic E-state index is 0. The third-order valence-electron chi connectivity index (χ3n) is 7.76. The fraction of sp³-hybridized carbons (Fsp3) is 0.350. The Morgan fingerprint density at radius 2 is 1.09 bits per heavy atom. The topological polar surface area (TPSA) is 30.7 Å². The van der Waals surface area contributed by atoms with Crippen LogP contribution in [0.5, 0.6) is 0 Å². The van der Waals surface area contributed by atoms with Crippen molar-refractivity contribution < 1.29 is 20.1 Å². The van der Waals surface area contributed by atoms with Crippen molar-refractivity contribution >= 4 is 0 Å². The minimum Gasteiger partial charge on any atom is -0.289 e. The molecule has 5 aromatic rings. The Hall–Kier alpha value is -3.33. The predicted molar refractivity (Wildman–Crippen MR) is 184 cm³/mol. The first-order valence-electron chi connectivity index (χ1n) is 15.7. The first kappa shape index (κ1) is 35.2. The van der Waals surface area contributed by atoms with Crippen LogP contribution in [0.2, 0.25) is 0 Å². The van der Waals surface area contributed by atoms with Gasteiger partial charge in [-0.3, -0.25) is 9.67 Å². The van der Waals surface area contributed by atoms with Crippen molar-refractivity contribution in [2.24, 2.45) is 7.05 Å². The van der Waals surface area contributed by atoms with Crippen molar-refractivity contribution in [2.45, 2.75) is 86.0 Å². The third-order valence-corrected chi connectivity index (χ3v) is 7.76. The van der Waals surface area contributed by atoms with E-state index in [2.05, 4.69) is 138 Å². The predicted octanol–water partition coefficient (Wildman–Crippen LogP) is 10.9. The Kier molecular flexibility index (Phi) is 11.7. The van der Waals surface area contributed by atoms with Crippen LogP contribution in [-0.2, 0) is 44.4 Å². The molecule has 4 heteroatoms. The van der Waals surface area contributed by atoms with Gasteiger partial charge in [-0.05, 0) is 74.4 Å². The maximum atomic E-state index is 4.81. The molecule has 1 radical (unpaired) electrons. The molecule has 44 heavy (non-hydrogen) atoms. The molecule has 1 aromatic heterocycles. The van der Waals surface area contributed by atoms with Crippen molar-refractivity contribution in [2.75, 3.05) is 0 Å². The zero-order chi connectivity index (χ0) is 31.4. The number of hydrogen-bond donors (Lipinski definition) is 0. The van der Waals surface area contributed by atoms with Crippen LogP contribution in [0.4, 0.5) is 0 Å². The Bertz CT molecular complexity index is 1570. The van der Waals surface area contributed by atoms with Gasteiger partial charge in [0.1, 0.15) is 5.82 Å². The second-order valence-electron chi connectivity index (χ2n) is 13.2. The van der Waals surface area contributed by atoms with Gasteiger partial charge in [-0.1, -0.05) is 111 Å². The molecule has 0 saturated carbocycles. The average Bonchev–Trinajstić information content (AvgIpc) is 3.37. The smallest absolute Gasteiger partial charge is 0.140 e. The second kappa shape index (κ2) is 14.6. The van der Waals surface area contributed by atoms with Crippen molar-refractivity contribution in [3.8, 4) is 44.8 Å². The van der Waals surface area contributed by atoms with E-state index in [0.29, 0.717) is 0 Å². The molecule has 0 aliphatic rings. The van der Waals surface area contributed by atoms with E-state index in [-0.39, 0.29) is 30.9 Å². The Morgan fingerprint density at radius 3 is 1.52 bits per heavy atom. The number of aryl methyl sites for hydroxylation is 2. The van der Waals surface area contributed by atoms with Crippen LogP contribution in [0.25, 0.3) is 44.8 Å². The summed E-state index contributed by atoms with van der Waals surface area (Å²) < 4.78 is 1.87. The van der Waals surface area contributed by atoms with Crippen LogP contribution in [0.1, 0.15) is 85.7 Å². The fourth-order valence-corrected chi connectivity index (χ4v) is 5.23. The molecule has 0 spiro atoms. The Labute approximate surface area is 279 Å². The molecule has 0 aliphatic heterocycles. The maximum absolute atomic E-state index is 4.81. The molecular weight excluding hydrogens is 715 g/mol. The van der Waals surface area contributed by atoms with Gasteiger partial charge in [-0.25, -0.2) is 0 Å². The van der Waals surface area contributed by atoms with Crippen molar-refractivity contribution in [1.29, 1.82) is 0 Å². The SMILES string of the molecule is CC.CCCc1nc(-c2[c-]ccc(-c3cc(-c4ccc(C(C)(C)C)cc4)cc(-c4ccc(C(C)(C)C)cc4)c3)c2)n(C)n1.[Ir]. The number of hydrogen-bond acceptors (Lipinski definition) is 2. The summed E-state index contributed by atoms with van der Waals surface area (Å²) in [6, 6.07) is 34.7. The number of aromatic nitrogens is 3. The summed E-state index contributed by atoms with van der Waals surface area (Å²) in [5, 5.41) is 4.62. The summed E-state index contributed by atoms with van der Waals surface area (Å²) >= 11 is 0. The molecule has 1 heterocycles. The molecule has 0 unspecified atom stereocenters. The van der Waals surface area contributed by atoms with Gasteiger partial charge in [0, 0.05) is 33.6 Å². The van der Waals surface area contributed by atoms with Gasteiger partial charge in [0.05, 0.1) is 5.82 Å². The van der Waals surface area contributed by atoms with Gasteiger partial charge >= 0.3 is 0 Å². The van der Waals surface area contributed by atoms with Crippen LogP contribution in [0.15, 0.2) is 84.9 Å². The van der Waals surface area contributed by atoms with E-state index in [4.69, 9.17) is 4.98 Å². The Morgan fingerprint density at radius 1 is 0.636 bits per heavy atom. The van der Waals surface area contributed by atoms with Gasteiger partial charge in [0.2, 0.25) is 0 Å². The molecule has 0 atom stereocenters. The minimum atomic E-state index is 0. The summed E-state index contributed by atoms with van der Waals surface area (Å²) in [5.74, 6) is 1.73. The van der Waals surface area contributed by atoms with Crippen molar-refractivity contribution in [3.63, 3.8) is 0 Å². The van der Waals surface area contributed by atoms with Crippen LogP contribution >= 0.6 is 0 Å². The Balaban J connectivity index is 0.00000173. The van der Waals surface area contributed by atoms with Crippen molar-refractivity contribution in [1.82, 2.24) is 14.8 Å². The molecule has 0 amide bonds. The van der Waals surface area contributed by atoms with E-state index in [0.717, 1.165) is 35.6 Å². The van der Waals surface area contributed by atoms with Crippen LogP contribution in [0, 0.1) is 6.07 Å². The number of benzene rings is 4. The summed E-state index contributed by atoms with van der Waals surface area (Å²) in [4.78, 5) is 4.81. The van der Waals surface area contributed by atoms with Crippen LogP contribution in [-0.4, -0.2) is 14.8 Å². The largest absolute Gasteiger partial charge is 0.289 e. The van der Waals surface area contributed by atoms with E-state index in [1.807, 2.05) is 31.6 Å². The normalized spacial score (nSPS) is 11.4. The molecule has 5 rings (SSSR count). The maximum Gasteiger partial charge on any atom is 0.140 e. The van der Waals surface area contributed by atoms with E-state index >= 15 is 0 Å². The summed E-state index contributed by atoms with van der Waals surface area (Å²) in [7, 11) is 1.96. The molecule has 0 aliphatic carbocycles. The summed E-state index contributed by atoms with van der Waals surface area (Å²) in [6.07, 6.45) is 1.90. The first-order chi connectivity index (χ1) is 20.4. The molecule has 0 N–H and O–H groups in total. The quantitative estimate of drug-likeness (QED) is 0.161. The molecule has 233 valence electrons. The monoisotopic (exact) mass is 763 g/mol. The molecule has 4 aromatic carbocycles. The zero-order valence-electron chi connectivity index (χ0n) is 28.2. The third kappa shape index (κ3) is 8.23. The van der Waals surface area contributed by atoms with Gasteiger partial charge in [0.25, 0.3) is 0 Å².